The average molecular weight is 409 g/mol. The predicted molar refractivity (Wildman–Crippen MR) is 124 cm³/mol. The van der Waals surface area contributed by atoms with Crippen LogP contribution in [0.1, 0.15) is 80.1 Å². The zero-order valence-electron chi connectivity index (χ0n) is 19.8. The Morgan fingerprint density at radius 3 is 2.53 bits per heavy atom. The van der Waals surface area contributed by atoms with Crippen molar-refractivity contribution < 1.29 is 9.90 Å². The Bertz CT molecular complexity index is 852. The van der Waals surface area contributed by atoms with E-state index in [-0.39, 0.29) is 22.5 Å². The van der Waals surface area contributed by atoms with Crippen LogP contribution >= 0.6 is 0 Å². The number of carbonyl (C=O) groups excluding carboxylic acids is 1. The first-order valence-corrected chi connectivity index (χ1v) is 12.1. The van der Waals surface area contributed by atoms with Crippen LogP contribution in [-0.2, 0) is 4.79 Å². The van der Waals surface area contributed by atoms with E-state index in [1.165, 1.54) is 11.1 Å². The van der Waals surface area contributed by atoms with Crippen molar-refractivity contribution in [3.63, 3.8) is 0 Å². The molecule has 4 rings (SSSR count). The number of rotatable bonds is 4. The Hall–Kier alpha value is -1.41. The summed E-state index contributed by atoms with van der Waals surface area (Å²) in [6.45, 7) is 13.5. The van der Waals surface area contributed by atoms with Crippen molar-refractivity contribution in [3.05, 3.63) is 47.1 Å². The van der Waals surface area contributed by atoms with E-state index in [4.69, 9.17) is 0 Å². The van der Waals surface area contributed by atoms with Crippen molar-refractivity contribution in [1.82, 2.24) is 0 Å². The summed E-state index contributed by atoms with van der Waals surface area (Å²) in [4.78, 5) is 12.0. The minimum Gasteiger partial charge on any atom is -0.386 e. The van der Waals surface area contributed by atoms with E-state index in [1.807, 2.05) is 13.0 Å². The highest BCUT2D eigenvalue weighted by Crippen LogP contribution is 2.64. The van der Waals surface area contributed by atoms with Crippen LogP contribution in [0, 0.1) is 34.5 Å². The molecule has 0 aliphatic heterocycles. The summed E-state index contributed by atoms with van der Waals surface area (Å²) in [7, 11) is 0. The lowest BCUT2D eigenvalue weighted by atomic mass is 9.53. The minimum absolute atomic E-state index is 0.0626. The van der Waals surface area contributed by atoms with E-state index in [1.54, 1.807) is 5.57 Å². The molecule has 3 unspecified atom stereocenters. The molecule has 0 aromatic rings. The lowest BCUT2D eigenvalue weighted by Crippen LogP contribution is -2.45. The molecular formula is C28H40O2. The molecule has 2 heteroatoms. The molecule has 1 N–H and O–H groups in total. The maximum Gasteiger partial charge on any atom is 0.156 e. The summed E-state index contributed by atoms with van der Waals surface area (Å²) in [5.41, 5.74) is 3.73. The molecular weight excluding hydrogens is 368 g/mol. The van der Waals surface area contributed by atoms with Gasteiger partial charge in [0.1, 0.15) is 0 Å². The molecule has 0 aromatic carbocycles. The van der Waals surface area contributed by atoms with Gasteiger partial charge in [-0.25, -0.2) is 0 Å². The van der Waals surface area contributed by atoms with Gasteiger partial charge in [0.05, 0.1) is 5.60 Å². The van der Waals surface area contributed by atoms with Crippen LogP contribution in [-0.4, -0.2) is 16.5 Å². The largest absolute Gasteiger partial charge is 0.386 e. The Morgan fingerprint density at radius 1 is 1.10 bits per heavy atom. The second-order valence-electron chi connectivity index (χ2n) is 11.5. The van der Waals surface area contributed by atoms with Gasteiger partial charge in [0.15, 0.2) is 5.78 Å². The van der Waals surface area contributed by atoms with Gasteiger partial charge < -0.3 is 5.11 Å². The standard InChI is InChI=1S/C28H40O2/c1-18(2)19(3)11-16-28(6,30)25-10-9-23-22-8-7-20-17-21(29)12-14-26(20,4)24(22)13-15-27(23,25)5/h7-8,11,16-19,24-25,30H,9-10,12-15H2,1-6H3/b16-11+/t19?,24?,25?,26-,27-,28-/m0/s1. The van der Waals surface area contributed by atoms with Crippen LogP contribution in [0.15, 0.2) is 47.1 Å². The van der Waals surface area contributed by atoms with Crippen LogP contribution < -0.4 is 0 Å². The SMILES string of the molecule is CC(C)C(C)/C=C/[C@](C)(O)C1CCC2=C3C=CC4=CC(=O)CC[C@]4(C)C3CC[C@@]21C. The van der Waals surface area contributed by atoms with Gasteiger partial charge in [-0.3, -0.25) is 4.79 Å². The zero-order chi connectivity index (χ0) is 21.9. The van der Waals surface area contributed by atoms with Crippen molar-refractivity contribution in [1.29, 1.82) is 0 Å². The van der Waals surface area contributed by atoms with Gasteiger partial charge in [0, 0.05) is 12.3 Å². The quantitative estimate of drug-likeness (QED) is 0.534. The molecule has 0 spiro atoms. The van der Waals surface area contributed by atoms with Crippen LogP contribution in [0.5, 0.6) is 0 Å². The topological polar surface area (TPSA) is 37.3 Å². The number of hydrogen-bond donors (Lipinski definition) is 1. The highest BCUT2D eigenvalue weighted by Gasteiger charge is 2.55. The van der Waals surface area contributed by atoms with E-state index >= 15 is 0 Å². The van der Waals surface area contributed by atoms with Crippen LogP contribution in [0.2, 0.25) is 0 Å². The summed E-state index contributed by atoms with van der Waals surface area (Å²) in [5.74, 6) is 2.12. The second kappa shape index (κ2) is 7.33. The highest BCUT2D eigenvalue weighted by atomic mass is 16.3. The fraction of sp³-hybridized carbons (Fsp3) is 0.679. The van der Waals surface area contributed by atoms with Crippen molar-refractivity contribution in [2.24, 2.45) is 34.5 Å². The number of aliphatic hydroxyl groups is 1. The van der Waals surface area contributed by atoms with Crippen LogP contribution in [0.4, 0.5) is 0 Å². The van der Waals surface area contributed by atoms with Crippen molar-refractivity contribution in [2.45, 2.75) is 85.7 Å². The van der Waals surface area contributed by atoms with Gasteiger partial charge in [-0.2, -0.15) is 0 Å². The number of ketones is 1. The van der Waals surface area contributed by atoms with Gasteiger partial charge in [0.25, 0.3) is 0 Å². The summed E-state index contributed by atoms with van der Waals surface area (Å²) in [6.07, 6.45) is 16.8. The summed E-state index contributed by atoms with van der Waals surface area (Å²) >= 11 is 0. The molecule has 4 aliphatic rings. The fourth-order valence-electron chi connectivity index (χ4n) is 6.94. The lowest BCUT2D eigenvalue weighted by Gasteiger charge is -2.51. The fourth-order valence-corrected chi connectivity index (χ4v) is 6.94. The number of allylic oxidation sites excluding steroid dienone is 7. The minimum atomic E-state index is -0.780. The molecule has 0 bridgehead atoms. The van der Waals surface area contributed by atoms with Crippen LogP contribution in [0.25, 0.3) is 0 Å². The summed E-state index contributed by atoms with van der Waals surface area (Å²) in [5, 5.41) is 11.5. The van der Waals surface area contributed by atoms with Crippen molar-refractivity contribution >= 4 is 5.78 Å². The molecule has 6 atom stereocenters. The van der Waals surface area contributed by atoms with E-state index in [2.05, 4.69) is 58.9 Å². The van der Waals surface area contributed by atoms with Gasteiger partial charge in [-0.15, -0.1) is 0 Å². The van der Waals surface area contributed by atoms with Gasteiger partial charge >= 0.3 is 0 Å². The Labute approximate surface area is 183 Å². The molecule has 0 radical (unpaired) electrons. The van der Waals surface area contributed by atoms with Crippen molar-refractivity contribution in [2.75, 3.05) is 0 Å². The molecule has 0 aromatic heterocycles. The predicted octanol–water partition coefficient (Wildman–Crippen LogP) is 6.57. The Kier molecular flexibility index (Phi) is 5.33. The third-order valence-corrected chi connectivity index (χ3v) is 9.39. The van der Waals surface area contributed by atoms with Crippen molar-refractivity contribution in [3.8, 4) is 0 Å². The second-order valence-corrected chi connectivity index (χ2v) is 11.5. The molecule has 1 saturated carbocycles. The summed E-state index contributed by atoms with van der Waals surface area (Å²) in [6, 6.07) is 0. The normalized spacial score (nSPS) is 38.9. The van der Waals surface area contributed by atoms with Gasteiger partial charge in [-0.1, -0.05) is 64.5 Å². The molecule has 0 saturated heterocycles. The highest BCUT2D eigenvalue weighted by molar-refractivity contribution is 5.92. The first-order valence-electron chi connectivity index (χ1n) is 12.1. The maximum atomic E-state index is 12.0. The van der Waals surface area contributed by atoms with Crippen LogP contribution in [0.3, 0.4) is 0 Å². The number of carbonyl (C=O) groups is 1. The molecule has 164 valence electrons. The monoisotopic (exact) mass is 408 g/mol. The average Bonchev–Trinajstić information content (AvgIpc) is 3.04. The maximum absolute atomic E-state index is 12.0. The molecule has 4 aliphatic carbocycles. The Balaban J connectivity index is 1.69. The first kappa shape index (κ1) is 21.8. The molecule has 30 heavy (non-hydrogen) atoms. The molecule has 0 amide bonds. The first-order chi connectivity index (χ1) is 14.0. The smallest absolute Gasteiger partial charge is 0.156 e. The molecule has 0 heterocycles. The summed E-state index contributed by atoms with van der Waals surface area (Å²) < 4.78 is 0. The third-order valence-electron chi connectivity index (χ3n) is 9.39. The van der Waals surface area contributed by atoms with Gasteiger partial charge in [-0.05, 0) is 84.8 Å². The number of fused-ring (bicyclic) bond motifs is 4. The Morgan fingerprint density at radius 2 is 1.83 bits per heavy atom. The lowest BCUT2D eigenvalue weighted by molar-refractivity contribution is -0.116. The van der Waals surface area contributed by atoms with E-state index < -0.39 is 5.60 Å². The zero-order valence-corrected chi connectivity index (χ0v) is 19.8. The van der Waals surface area contributed by atoms with E-state index in [0.29, 0.717) is 24.2 Å². The van der Waals surface area contributed by atoms with E-state index in [9.17, 15) is 9.90 Å². The molecule has 1 fully saturated rings. The molecule has 2 nitrogen and oxygen atoms in total. The number of hydrogen-bond acceptors (Lipinski definition) is 2. The van der Waals surface area contributed by atoms with E-state index in [0.717, 1.165) is 32.1 Å². The van der Waals surface area contributed by atoms with Gasteiger partial charge in [0.2, 0.25) is 0 Å². The third kappa shape index (κ3) is 3.30.